The summed E-state index contributed by atoms with van der Waals surface area (Å²) in [5.74, 6) is -0.902. The number of hydrogen-bond acceptors (Lipinski definition) is 7. The van der Waals surface area contributed by atoms with Gasteiger partial charge in [0.05, 0.1) is 41.4 Å². The van der Waals surface area contributed by atoms with Crippen LogP contribution in [0.1, 0.15) is 36.6 Å². The third-order valence-corrected chi connectivity index (χ3v) is 6.12. The number of imidazole rings is 1. The number of ketones is 1. The predicted octanol–water partition coefficient (Wildman–Crippen LogP) is 4.69. The Morgan fingerprint density at radius 1 is 1.08 bits per heavy atom. The average Bonchev–Trinajstić information content (AvgIpc) is 3.42. The van der Waals surface area contributed by atoms with Crippen LogP contribution in [0.4, 0.5) is 5.95 Å². The van der Waals surface area contributed by atoms with E-state index in [4.69, 9.17) is 9.47 Å². The van der Waals surface area contributed by atoms with Gasteiger partial charge in [-0.1, -0.05) is 12.1 Å². The molecule has 9 nitrogen and oxygen atoms in total. The third kappa shape index (κ3) is 4.29. The maximum atomic E-state index is 13.5. The molecule has 4 aromatic rings. The van der Waals surface area contributed by atoms with Gasteiger partial charge in [-0.2, -0.15) is 0 Å². The zero-order valence-electron chi connectivity index (χ0n) is 20.7. The van der Waals surface area contributed by atoms with E-state index in [2.05, 4.69) is 15.0 Å². The smallest absolute Gasteiger partial charge is 0.302 e. The maximum absolute atomic E-state index is 13.5. The van der Waals surface area contributed by atoms with Gasteiger partial charge in [0.1, 0.15) is 17.3 Å². The van der Waals surface area contributed by atoms with E-state index >= 15 is 0 Å². The van der Waals surface area contributed by atoms with E-state index in [0.29, 0.717) is 35.8 Å². The Balaban J connectivity index is 1.71. The minimum atomic E-state index is -0.962. The minimum Gasteiger partial charge on any atom is -0.507 e. The van der Waals surface area contributed by atoms with Gasteiger partial charge in [0.15, 0.2) is 0 Å². The first kappa shape index (κ1) is 24.1. The summed E-state index contributed by atoms with van der Waals surface area (Å²) in [7, 11) is 0. The number of aliphatic hydroxyl groups excluding tert-OH is 1. The molecule has 1 unspecified atom stereocenters. The van der Waals surface area contributed by atoms with Gasteiger partial charge in [0.25, 0.3) is 5.78 Å². The zero-order chi connectivity index (χ0) is 26.1. The molecule has 37 heavy (non-hydrogen) atoms. The number of hydrogen-bond donors (Lipinski definition) is 2. The summed E-state index contributed by atoms with van der Waals surface area (Å²) in [5.41, 5.74) is 3.14. The average molecular weight is 499 g/mol. The Labute approximate surface area is 213 Å². The van der Waals surface area contributed by atoms with Crippen LogP contribution in [0.3, 0.4) is 0 Å². The summed E-state index contributed by atoms with van der Waals surface area (Å²) < 4.78 is 11.3. The lowest BCUT2D eigenvalue weighted by Crippen LogP contribution is -2.30. The highest BCUT2D eigenvalue weighted by Crippen LogP contribution is 2.43. The van der Waals surface area contributed by atoms with Crippen molar-refractivity contribution in [1.29, 1.82) is 0 Å². The second-order valence-electron chi connectivity index (χ2n) is 8.56. The Kier molecular flexibility index (Phi) is 6.35. The number of Topliss-reactive ketones (excluding diaryl/α,β-unsaturated/α-hetero) is 1. The maximum Gasteiger partial charge on any atom is 0.302 e. The van der Waals surface area contributed by atoms with E-state index in [1.54, 1.807) is 42.7 Å². The molecule has 1 atom stereocenters. The summed E-state index contributed by atoms with van der Waals surface area (Å²) in [6.07, 6.45) is 3.16. The first-order chi connectivity index (χ1) is 17.9. The number of aryl methyl sites for hydroxylation is 1. The molecule has 0 aliphatic carbocycles. The van der Waals surface area contributed by atoms with Crippen LogP contribution in [0.15, 0.2) is 66.5 Å². The molecule has 0 radical (unpaired) electrons. The van der Waals surface area contributed by atoms with Crippen molar-refractivity contribution >= 4 is 34.4 Å². The topological polar surface area (TPSA) is 118 Å². The fourth-order valence-corrected chi connectivity index (χ4v) is 4.50. The van der Waals surface area contributed by atoms with Gasteiger partial charge in [-0.15, -0.1) is 0 Å². The lowest BCUT2D eigenvalue weighted by Gasteiger charge is -2.23. The summed E-state index contributed by atoms with van der Waals surface area (Å²) in [5, 5.41) is 11.5. The van der Waals surface area contributed by atoms with Crippen LogP contribution >= 0.6 is 0 Å². The largest absolute Gasteiger partial charge is 0.507 e. The molecule has 1 saturated heterocycles. The molecule has 0 bridgehead atoms. The summed E-state index contributed by atoms with van der Waals surface area (Å²) in [4.78, 5) is 40.1. The van der Waals surface area contributed by atoms with E-state index in [-0.39, 0.29) is 22.8 Å². The van der Waals surface area contributed by atoms with Crippen molar-refractivity contribution in [3.63, 3.8) is 0 Å². The number of pyridine rings is 1. The van der Waals surface area contributed by atoms with Crippen molar-refractivity contribution in [2.75, 3.05) is 18.1 Å². The first-order valence-electron chi connectivity index (χ1n) is 12.0. The normalized spacial score (nSPS) is 16.9. The molecule has 2 aromatic carbocycles. The van der Waals surface area contributed by atoms with Crippen LogP contribution in [0.2, 0.25) is 0 Å². The van der Waals surface area contributed by atoms with E-state index < -0.39 is 17.7 Å². The molecule has 1 aliphatic rings. The Hall–Kier alpha value is -4.66. The Morgan fingerprint density at radius 3 is 2.62 bits per heavy atom. The number of carbonyl (C=O) groups excluding carboxylic acids is 2. The highest BCUT2D eigenvalue weighted by Gasteiger charge is 2.48. The molecule has 2 N–H and O–H groups in total. The molecule has 0 saturated carbocycles. The fraction of sp³-hybridized carbons (Fsp3) is 0.214. The lowest BCUT2D eigenvalue weighted by molar-refractivity contribution is -0.132. The molecular formula is C28H26N4O5. The molecule has 188 valence electrons. The van der Waals surface area contributed by atoms with E-state index in [0.717, 1.165) is 11.1 Å². The molecule has 1 amide bonds. The number of fused-ring (bicyclic) bond motifs is 1. The number of nitrogens with one attached hydrogen (secondary N) is 1. The SMILES string of the molecule is CCOc1ccc(/C(O)=C2\C(=O)C(=O)N(c3nc4ccc(C)cc4[nH]3)C2c2cccnc2)c(OCC)c1. The molecular weight excluding hydrogens is 472 g/mol. The number of aromatic amines is 1. The van der Waals surface area contributed by atoms with Crippen molar-refractivity contribution in [2.45, 2.75) is 26.8 Å². The van der Waals surface area contributed by atoms with Gasteiger partial charge in [-0.05, 0) is 62.2 Å². The van der Waals surface area contributed by atoms with Crippen LogP contribution in [-0.2, 0) is 9.59 Å². The number of carbonyl (C=O) groups is 2. The highest BCUT2D eigenvalue weighted by atomic mass is 16.5. The summed E-state index contributed by atoms with van der Waals surface area (Å²) in [6.45, 7) is 6.42. The monoisotopic (exact) mass is 498 g/mol. The van der Waals surface area contributed by atoms with Gasteiger partial charge in [0, 0.05) is 18.5 Å². The van der Waals surface area contributed by atoms with Crippen molar-refractivity contribution < 1.29 is 24.2 Å². The van der Waals surface area contributed by atoms with Crippen LogP contribution in [0.5, 0.6) is 11.5 Å². The first-order valence-corrected chi connectivity index (χ1v) is 12.0. The van der Waals surface area contributed by atoms with Gasteiger partial charge in [-0.25, -0.2) is 4.98 Å². The van der Waals surface area contributed by atoms with Crippen LogP contribution in [0, 0.1) is 6.92 Å². The standard InChI is InChI=1S/C28H26N4O5/c1-4-36-18-9-10-19(22(14-18)37-5-2)25(33)23-24(17-7-6-12-29-15-17)32(27(35)26(23)34)28-30-20-11-8-16(3)13-21(20)31-28/h6-15,24,33H,4-5H2,1-3H3,(H,30,31)/b25-23+. The minimum absolute atomic E-state index is 0.0836. The Bertz CT molecular complexity index is 1530. The number of ether oxygens (including phenoxy) is 2. The summed E-state index contributed by atoms with van der Waals surface area (Å²) in [6, 6.07) is 13.1. The number of aliphatic hydroxyl groups is 1. The molecule has 5 rings (SSSR count). The third-order valence-electron chi connectivity index (χ3n) is 6.12. The van der Waals surface area contributed by atoms with Gasteiger partial charge < -0.3 is 19.6 Å². The van der Waals surface area contributed by atoms with E-state index in [1.165, 1.54) is 4.90 Å². The number of aromatic nitrogens is 3. The van der Waals surface area contributed by atoms with E-state index in [9.17, 15) is 14.7 Å². The quantitative estimate of drug-likeness (QED) is 0.216. The van der Waals surface area contributed by atoms with Gasteiger partial charge in [-0.3, -0.25) is 19.5 Å². The van der Waals surface area contributed by atoms with Crippen molar-refractivity contribution in [3.8, 4) is 11.5 Å². The Morgan fingerprint density at radius 2 is 1.89 bits per heavy atom. The highest BCUT2D eigenvalue weighted by molar-refractivity contribution is 6.51. The second kappa shape index (κ2) is 9.77. The number of rotatable bonds is 7. The van der Waals surface area contributed by atoms with Crippen LogP contribution in [-0.4, -0.2) is 45.0 Å². The van der Waals surface area contributed by atoms with Crippen molar-refractivity contribution in [1.82, 2.24) is 15.0 Å². The van der Waals surface area contributed by atoms with Crippen molar-refractivity contribution in [2.24, 2.45) is 0 Å². The van der Waals surface area contributed by atoms with E-state index in [1.807, 2.05) is 39.0 Å². The molecule has 2 aromatic heterocycles. The predicted molar refractivity (Wildman–Crippen MR) is 139 cm³/mol. The molecule has 0 spiro atoms. The van der Waals surface area contributed by atoms with Crippen LogP contribution in [0.25, 0.3) is 16.8 Å². The molecule has 3 heterocycles. The molecule has 1 fully saturated rings. The number of benzene rings is 2. The van der Waals surface area contributed by atoms with Crippen molar-refractivity contribution in [3.05, 3.63) is 83.2 Å². The number of anilines is 1. The zero-order valence-corrected chi connectivity index (χ0v) is 20.7. The summed E-state index contributed by atoms with van der Waals surface area (Å²) >= 11 is 0. The number of amides is 1. The number of nitrogens with zero attached hydrogens (tertiary/aromatic N) is 3. The fourth-order valence-electron chi connectivity index (χ4n) is 4.50. The van der Waals surface area contributed by atoms with Gasteiger partial charge >= 0.3 is 5.91 Å². The van der Waals surface area contributed by atoms with Gasteiger partial charge in [0.2, 0.25) is 5.95 Å². The van der Waals surface area contributed by atoms with Crippen LogP contribution < -0.4 is 14.4 Å². The number of H-pyrrole nitrogens is 1. The second-order valence-corrected chi connectivity index (χ2v) is 8.56. The molecule has 9 heteroatoms. The molecule has 1 aliphatic heterocycles. The lowest BCUT2D eigenvalue weighted by atomic mass is 9.96.